The van der Waals surface area contributed by atoms with Crippen molar-refractivity contribution in [3.8, 4) is 0 Å². The normalized spacial score (nSPS) is 13.8. The Balaban J connectivity index is 1.66. The maximum Gasteiger partial charge on any atom is 0.0865 e. The van der Waals surface area contributed by atoms with Crippen LogP contribution >= 0.6 is 22.7 Å². The number of aliphatic hydroxyl groups excluding tert-OH is 2. The van der Waals surface area contributed by atoms with Gasteiger partial charge in [0.15, 0.2) is 0 Å². The Kier molecular flexibility index (Phi) is 8.53. The first kappa shape index (κ1) is 22.3. The highest BCUT2D eigenvalue weighted by molar-refractivity contribution is 7.15. The molecule has 0 atom stereocenters. The van der Waals surface area contributed by atoms with Crippen LogP contribution in [-0.2, 0) is 22.3 Å². The molecule has 0 spiro atoms. The summed E-state index contributed by atoms with van der Waals surface area (Å²) < 4.78 is 10.9. The fraction of sp³-hybridized carbons (Fsp3) is 0.524. The van der Waals surface area contributed by atoms with E-state index in [-0.39, 0.29) is 13.2 Å². The molecule has 2 aromatic heterocycles. The Bertz CT molecular complexity index is 800. The van der Waals surface area contributed by atoms with Crippen molar-refractivity contribution in [3.05, 3.63) is 42.8 Å². The van der Waals surface area contributed by atoms with Crippen molar-refractivity contribution in [1.82, 2.24) is 0 Å². The summed E-state index contributed by atoms with van der Waals surface area (Å²) >= 11 is 3.50. The van der Waals surface area contributed by atoms with Crippen LogP contribution in [0.15, 0.2) is 22.3 Å². The van der Waals surface area contributed by atoms with Gasteiger partial charge in [-0.25, -0.2) is 0 Å². The molecule has 1 aliphatic rings. The van der Waals surface area contributed by atoms with E-state index in [1.807, 2.05) is 0 Å². The fourth-order valence-electron chi connectivity index (χ4n) is 3.29. The van der Waals surface area contributed by atoms with E-state index in [9.17, 15) is 0 Å². The van der Waals surface area contributed by atoms with Gasteiger partial charge < -0.3 is 19.7 Å². The van der Waals surface area contributed by atoms with Crippen LogP contribution in [0.3, 0.4) is 0 Å². The largest absolute Gasteiger partial charge is 0.394 e. The van der Waals surface area contributed by atoms with Crippen LogP contribution in [0.4, 0.5) is 0 Å². The smallest absolute Gasteiger partial charge is 0.0865 e. The Hall–Kier alpha value is -1.42. The van der Waals surface area contributed by atoms with E-state index in [1.54, 1.807) is 22.7 Å². The van der Waals surface area contributed by atoms with Gasteiger partial charge >= 0.3 is 0 Å². The molecule has 3 heterocycles. The minimum atomic E-state index is 0.0486. The third-order valence-corrected chi connectivity index (χ3v) is 6.80. The van der Waals surface area contributed by atoms with Gasteiger partial charge in [-0.1, -0.05) is 0 Å². The van der Waals surface area contributed by atoms with Gasteiger partial charge in [-0.2, -0.15) is 10.2 Å². The summed E-state index contributed by atoms with van der Waals surface area (Å²) in [5, 5.41) is 26.8. The highest BCUT2D eigenvalue weighted by Gasteiger charge is 2.23. The molecule has 0 radical (unpaired) electrons. The van der Waals surface area contributed by atoms with Gasteiger partial charge in [0, 0.05) is 16.2 Å². The van der Waals surface area contributed by atoms with E-state index in [1.165, 1.54) is 30.6 Å². The number of aryl methyl sites for hydroxylation is 2. The zero-order chi connectivity index (χ0) is 20.6. The van der Waals surface area contributed by atoms with E-state index in [0.29, 0.717) is 26.4 Å². The van der Waals surface area contributed by atoms with Crippen molar-refractivity contribution in [2.24, 2.45) is 10.2 Å². The molecule has 0 saturated heterocycles. The molecule has 29 heavy (non-hydrogen) atoms. The molecule has 2 N–H and O–H groups in total. The summed E-state index contributed by atoms with van der Waals surface area (Å²) in [5.74, 6) is 0. The average molecular weight is 437 g/mol. The quantitative estimate of drug-likeness (QED) is 0.501. The fourth-order valence-corrected chi connectivity index (χ4v) is 5.38. The SMILES string of the molecule is Cc1cc(CCOCCO)c(C2=NN=C(c3sc(C)cc3CCOCCO)C2)s1. The zero-order valence-corrected chi connectivity index (χ0v) is 18.6. The third-order valence-electron chi connectivity index (χ3n) is 4.52. The number of hydrogen-bond acceptors (Lipinski definition) is 8. The Labute approximate surface area is 179 Å². The standard InChI is InChI=1S/C21H28N2O4S2/c1-14-11-16(3-7-26-9-5-24)20(28-14)18-13-19(23-22-18)21-17(12-15(2)29-21)4-8-27-10-6-25/h11-12,24-25H,3-10,13H2,1-2H3. The van der Waals surface area contributed by atoms with E-state index >= 15 is 0 Å². The van der Waals surface area contributed by atoms with Crippen molar-refractivity contribution in [1.29, 1.82) is 0 Å². The van der Waals surface area contributed by atoms with Gasteiger partial charge in [0.2, 0.25) is 0 Å². The van der Waals surface area contributed by atoms with Crippen LogP contribution in [0.1, 0.15) is 37.1 Å². The van der Waals surface area contributed by atoms with Crippen LogP contribution in [0.5, 0.6) is 0 Å². The monoisotopic (exact) mass is 436 g/mol. The maximum absolute atomic E-state index is 8.86. The molecule has 0 aromatic carbocycles. The number of rotatable bonds is 12. The van der Waals surface area contributed by atoms with E-state index in [4.69, 9.17) is 19.7 Å². The summed E-state index contributed by atoms with van der Waals surface area (Å²) in [6.45, 7) is 6.23. The molecule has 8 heteroatoms. The molecule has 0 fully saturated rings. The van der Waals surface area contributed by atoms with Crippen molar-refractivity contribution < 1.29 is 19.7 Å². The van der Waals surface area contributed by atoms with Crippen LogP contribution in [0.2, 0.25) is 0 Å². The summed E-state index contributed by atoms with van der Waals surface area (Å²) in [7, 11) is 0. The van der Waals surface area contributed by atoms with E-state index in [0.717, 1.165) is 30.7 Å². The minimum absolute atomic E-state index is 0.0486. The Morgan fingerprint density at radius 1 is 0.793 bits per heavy atom. The highest BCUT2D eigenvalue weighted by atomic mass is 32.1. The molecule has 0 saturated carbocycles. The van der Waals surface area contributed by atoms with Crippen LogP contribution in [0.25, 0.3) is 0 Å². The number of thiophene rings is 2. The number of ether oxygens (including phenoxy) is 2. The zero-order valence-electron chi connectivity index (χ0n) is 16.9. The third kappa shape index (κ3) is 6.04. The van der Waals surface area contributed by atoms with Crippen LogP contribution in [0, 0.1) is 13.8 Å². The lowest BCUT2D eigenvalue weighted by molar-refractivity contribution is 0.0944. The molecule has 0 bridgehead atoms. The van der Waals surface area contributed by atoms with Crippen molar-refractivity contribution in [2.75, 3.05) is 39.6 Å². The molecule has 0 unspecified atom stereocenters. The summed E-state index contributed by atoms with van der Waals surface area (Å²) in [5.41, 5.74) is 4.51. The summed E-state index contributed by atoms with van der Waals surface area (Å²) in [6.07, 6.45) is 2.34. The van der Waals surface area contributed by atoms with Crippen LogP contribution < -0.4 is 0 Å². The number of nitrogens with zero attached hydrogens (tertiary/aromatic N) is 2. The predicted octanol–water partition coefficient (Wildman–Crippen LogP) is 3.13. The molecule has 1 aliphatic heterocycles. The second-order valence-electron chi connectivity index (χ2n) is 6.86. The van der Waals surface area contributed by atoms with Gasteiger partial charge in [-0.05, 0) is 49.9 Å². The molecular weight excluding hydrogens is 408 g/mol. The first-order chi connectivity index (χ1) is 14.1. The Morgan fingerprint density at radius 2 is 1.24 bits per heavy atom. The van der Waals surface area contributed by atoms with Crippen molar-refractivity contribution >= 4 is 34.1 Å². The van der Waals surface area contributed by atoms with Gasteiger partial charge in [0.25, 0.3) is 0 Å². The van der Waals surface area contributed by atoms with Gasteiger partial charge in [0.1, 0.15) is 0 Å². The molecule has 6 nitrogen and oxygen atoms in total. The lowest BCUT2D eigenvalue weighted by Gasteiger charge is -2.06. The minimum Gasteiger partial charge on any atom is -0.394 e. The summed E-state index contributed by atoms with van der Waals surface area (Å²) in [4.78, 5) is 4.88. The molecular formula is C21H28N2O4S2. The second kappa shape index (κ2) is 11.1. The average Bonchev–Trinajstić information content (AvgIpc) is 3.40. The van der Waals surface area contributed by atoms with E-state index < -0.39 is 0 Å². The first-order valence-electron chi connectivity index (χ1n) is 9.82. The second-order valence-corrected chi connectivity index (χ2v) is 9.38. The molecule has 0 aliphatic carbocycles. The summed E-state index contributed by atoms with van der Waals surface area (Å²) in [6, 6.07) is 4.39. The molecule has 158 valence electrons. The lowest BCUT2D eigenvalue weighted by atomic mass is 10.0. The highest BCUT2D eigenvalue weighted by Crippen LogP contribution is 2.31. The van der Waals surface area contributed by atoms with Crippen LogP contribution in [-0.4, -0.2) is 61.3 Å². The molecule has 3 rings (SSSR count). The van der Waals surface area contributed by atoms with Gasteiger partial charge in [0.05, 0.1) is 60.8 Å². The van der Waals surface area contributed by atoms with Gasteiger partial charge in [-0.15, -0.1) is 22.7 Å². The topological polar surface area (TPSA) is 83.6 Å². The van der Waals surface area contributed by atoms with Gasteiger partial charge in [-0.3, -0.25) is 0 Å². The van der Waals surface area contributed by atoms with Crippen molar-refractivity contribution in [3.63, 3.8) is 0 Å². The van der Waals surface area contributed by atoms with Crippen molar-refractivity contribution in [2.45, 2.75) is 33.1 Å². The number of hydrogen-bond donors (Lipinski definition) is 2. The lowest BCUT2D eigenvalue weighted by Crippen LogP contribution is -2.09. The Morgan fingerprint density at radius 3 is 1.66 bits per heavy atom. The first-order valence-corrected chi connectivity index (χ1v) is 11.5. The number of aliphatic hydroxyl groups is 2. The van der Waals surface area contributed by atoms with E-state index in [2.05, 4.69) is 36.2 Å². The molecule has 0 amide bonds. The molecule has 2 aromatic rings. The maximum atomic E-state index is 8.86. The predicted molar refractivity (Wildman–Crippen MR) is 119 cm³/mol.